The van der Waals surface area contributed by atoms with Gasteiger partial charge in [0.25, 0.3) is 5.91 Å². The summed E-state index contributed by atoms with van der Waals surface area (Å²) in [5.74, 6) is -0.237. The molecule has 0 aromatic rings. The molecule has 0 aromatic carbocycles. The van der Waals surface area contributed by atoms with Gasteiger partial charge in [-0.05, 0) is 6.42 Å². The molecule has 104 valence electrons. The smallest absolute Gasteiger partial charge is 0.329 e. The average molecular weight is 256 g/mol. The molecule has 1 heterocycles. The predicted octanol–water partition coefficient (Wildman–Crippen LogP) is 2.21. The van der Waals surface area contributed by atoms with Gasteiger partial charge in [0.1, 0.15) is 0 Å². The number of rotatable bonds is 8. The minimum Gasteiger partial charge on any atom is -0.353 e. The van der Waals surface area contributed by atoms with Crippen LogP contribution in [0.25, 0.3) is 0 Å². The van der Waals surface area contributed by atoms with Crippen molar-refractivity contribution in [1.82, 2.24) is 9.80 Å². The Labute approximate surface area is 109 Å². The zero-order valence-corrected chi connectivity index (χ0v) is 11.6. The molecule has 0 N–H and O–H groups in total. The van der Waals surface area contributed by atoms with Gasteiger partial charge in [-0.25, -0.2) is 4.79 Å². The lowest BCUT2D eigenvalue weighted by molar-refractivity contribution is -0.138. The van der Waals surface area contributed by atoms with Crippen LogP contribution >= 0.6 is 0 Å². The molecule has 1 saturated heterocycles. The Balaban J connectivity index is 2.30. The molecule has 3 amide bonds. The van der Waals surface area contributed by atoms with Crippen molar-refractivity contribution in [2.75, 3.05) is 20.7 Å². The third-order valence-electron chi connectivity index (χ3n) is 3.32. The van der Waals surface area contributed by atoms with Crippen LogP contribution in [-0.4, -0.2) is 48.7 Å². The maximum atomic E-state index is 11.9. The first-order chi connectivity index (χ1) is 8.63. The van der Waals surface area contributed by atoms with Crippen LogP contribution in [0.1, 0.15) is 45.4 Å². The fourth-order valence-electron chi connectivity index (χ4n) is 2.20. The SMILES string of the molecule is CCCCCCCCN1C(=O)C(OC)N(C)C1=O. The molecule has 0 bridgehead atoms. The van der Waals surface area contributed by atoms with Crippen molar-refractivity contribution in [2.45, 2.75) is 51.7 Å². The number of hydrogen-bond donors (Lipinski definition) is 0. The molecule has 0 radical (unpaired) electrons. The number of carbonyl (C=O) groups excluding carboxylic acids is 2. The monoisotopic (exact) mass is 256 g/mol. The molecule has 5 heteroatoms. The van der Waals surface area contributed by atoms with Crippen molar-refractivity contribution in [1.29, 1.82) is 0 Å². The molecule has 1 atom stereocenters. The quantitative estimate of drug-likeness (QED) is 0.494. The van der Waals surface area contributed by atoms with Gasteiger partial charge in [-0.1, -0.05) is 39.0 Å². The number of hydrogen-bond acceptors (Lipinski definition) is 3. The summed E-state index contributed by atoms with van der Waals surface area (Å²) in [7, 11) is 3.04. The number of urea groups is 1. The van der Waals surface area contributed by atoms with E-state index >= 15 is 0 Å². The Morgan fingerprint density at radius 3 is 2.28 bits per heavy atom. The zero-order valence-electron chi connectivity index (χ0n) is 11.6. The van der Waals surface area contributed by atoms with Gasteiger partial charge in [-0.15, -0.1) is 0 Å². The van der Waals surface area contributed by atoms with Crippen LogP contribution in [0.4, 0.5) is 4.79 Å². The van der Waals surface area contributed by atoms with E-state index in [1.165, 1.54) is 42.6 Å². The highest BCUT2D eigenvalue weighted by atomic mass is 16.5. The molecule has 0 aliphatic carbocycles. The largest absolute Gasteiger partial charge is 0.353 e. The number of likely N-dealkylation sites (N-methyl/N-ethyl adjacent to an activating group) is 1. The summed E-state index contributed by atoms with van der Waals surface area (Å²) in [6.07, 6.45) is 6.10. The third kappa shape index (κ3) is 3.45. The molecule has 1 fully saturated rings. The van der Waals surface area contributed by atoms with Crippen LogP contribution < -0.4 is 0 Å². The Hall–Kier alpha value is -1.10. The van der Waals surface area contributed by atoms with Gasteiger partial charge in [0, 0.05) is 20.7 Å². The van der Waals surface area contributed by atoms with E-state index in [0.29, 0.717) is 6.54 Å². The second-order valence-electron chi connectivity index (χ2n) is 4.74. The number of ether oxygens (including phenoxy) is 1. The number of carbonyl (C=O) groups is 2. The summed E-state index contributed by atoms with van der Waals surface area (Å²) in [4.78, 5) is 26.3. The van der Waals surface area contributed by atoms with E-state index in [9.17, 15) is 9.59 Å². The minimum atomic E-state index is -0.738. The predicted molar refractivity (Wildman–Crippen MR) is 69.0 cm³/mol. The van der Waals surface area contributed by atoms with Crippen molar-refractivity contribution in [3.05, 3.63) is 0 Å². The third-order valence-corrected chi connectivity index (χ3v) is 3.32. The topological polar surface area (TPSA) is 49.9 Å². The molecule has 5 nitrogen and oxygen atoms in total. The summed E-state index contributed by atoms with van der Waals surface area (Å²) in [6.45, 7) is 2.69. The van der Waals surface area contributed by atoms with Crippen LogP contribution in [0, 0.1) is 0 Å². The van der Waals surface area contributed by atoms with Gasteiger partial charge in [0.15, 0.2) is 0 Å². The summed E-state index contributed by atoms with van der Waals surface area (Å²) < 4.78 is 5.01. The van der Waals surface area contributed by atoms with Gasteiger partial charge in [-0.2, -0.15) is 0 Å². The average Bonchev–Trinajstić information content (AvgIpc) is 2.56. The Morgan fingerprint density at radius 2 is 1.72 bits per heavy atom. The molecule has 0 spiro atoms. The van der Waals surface area contributed by atoms with Gasteiger partial charge in [0.05, 0.1) is 0 Å². The summed E-state index contributed by atoms with van der Waals surface area (Å²) in [5.41, 5.74) is 0. The second kappa shape index (κ2) is 7.36. The molecule has 1 rings (SSSR count). The number of methoxy groups -OCH3 is 1. The fraction of sp³-hybridized carbons (Fsp3) is 0.846. The number of imide groups is 1. The first-order valence-corrected chi connectivity index (χ1v) is 6.74. The van der Waals surface area contributed by atoms with Gasteiger partial charge in [0.2, 0.25) is 6.23 Å². The lowest BCUT2D eigenvalue weighted by atomic mass is 10.1. The molecule has 1 aliphatic rings. The van der Waals surface area contributed by atoms with E-state index in [4.69, 9.17) is 4.74 Å². The maximum Gasteiger partial charge on any atom is 0.329 e. The standard InChI is InChI=1S/C13H24N2O3/c1-4-5-6-7-8-9-10-15-11(16)12(18-3)14(2)13(15)17/h12H,4-10H2,1-3H3. The molecular weight excluding hydrogens is 232 g/mol. The highest BCUT2D eigenvalue weighted by Gasteiger charge is 2.42. The first-order valence-electron chi connectivity index (χ1n) is 6.74. The lowest BCUT2D eigenvalue weighted by Crippen LogP contribution is -2.33. The van der Waals surface area contributed by atoms with Crippen molar-refractivity contribution >= 4 is 11.9 Å². The van der Waals surface area contributed by atoms with E-state index in [1.54, 1.807) is 7.05 Å². The summed E-state index contributed by atoms with van der Waals surface area (Å²) in [5, 5.41) is 0. The second-order valence-corrected chi connectivity index (χ2v) is 4.74. The van der Waals surface area contributed by atoms with Crippen molar-refractivity contribution < 1.29 is 14.3 Å². The Kier molecular flexibility index (Phi) is 6.12. The highest BCUT2D eigenvalue weighted by Crippen LogP contribution is 2.17. The van der Waals surface area contributed by atoms with Crippen LogP contribution in [0.3, 0.4) is 0 Å². The van der Waals surface area contributed by atoms with Crippen molar-refractivity contribution in [3.63, 3.8) is 0 Å². The zero-order chi connectivity index (χ0) is 13.5. The Morgan fingerprint density at radius 1 is 1.11 bits per heavy atom. The minimum absolute atomic E-state index is 0.237. The maximum absolute atomic E-state index is 11.9. The summed E-state index contributed by atoms with van der Waals surface area (Å²) >= 11 is 0. The fourth-order valence-corrected chi connectivity index (χ4v) is 2.20. The molecule has 1 unspecified atom stereocenters. The first kappa shape index (κ1) is 15.0. The summed E-state index contributed by atoms with van der Waals surface area (Å²) in [6, 6.07) is -0.250. The van der Waals surface area contributed by atoms with E-state index in [1.807, 2.05) is 0 Å². The molecule has 1 aliphatic heterocycles. The molecule has 0 aromatic heterocycles. The van der Waals surface area contributed by atoms with Gasteiger partial charge >= 0.3 is 6.03 Å². The van der Waals surface area contributed by atoms with E-state index in [-0.39, 0.29) is 11.9 Å². The number of unbranched alkanes of at least 4 members (excludes halogenated alkanes) is 5. The van der Waals surface area contributed by atoms with E-state index in [0.717, 1.165) is 12.8 Å². The van der Waals surface area contributed by atoms with Gasteiger partial charge in [-0.3, -0.25) is 14.6 Å². The Bertz CT molecular complexity index is 294. The highest BCUT2D eigenvalue weighted by molar-refractivity contribution is 6.03. The van der Waals surface area contributed by atoms with E-state index < -0.39 is 6.23 Å². The molecule has 18 heavy (non-hydrogen) atoms. The van der Waals surface area contributed by atoms with Crippen LogP contribution in [0.2, 0.25) is 0 Å². The normalized spacial score (nSPS) is 20.1. The van der Waals surface area contributed by atoms with Gasteiger partial charge < -0.3 is 4.74 Å². The molecular formula is C13H24N2O3. The van der Waals surface area contributed by atoms with Crippen LogP contribution in [0.5, 0.6) is 0 Å². The number of nitrogens with zero attached hydrogens (tertiary/aromatic N) is 2. The van der Waals surface area contributed by atoms with E-state index in [2.05, 4.69) is 6.92 Å². The van der Waals surface area contributed by atoms with Crippen LogP contribution in [-0.2, 0) is 9.53 Å². The van der Waals surface area contributed by atoms with Crippen LogP contribution in [0.15, 0.2) is 0 Å². The number of amides is 3. The van der Waals surface area contributed by atoms with Crippen molar-refractivity contribution in [2.24, 2.45) is 0 Å². The van der Waals surface area contributed by atoms with Crippen molar-refractivity contribution in [3.8, 4) is 0 Å². The molecule has 0 saturated carbocycles. The lowest BCUT2D eigenvalue weighted by Gasteiger charge is -2.13.